The summed E-state index contributed by atoms with van der Waals surface area (Å²) in [7, 11) is -4.16. The Morgan fingerprint density at radius 2 is 0.838 bits per heavy atom. The molecule has 2 nitrogen and oxygen atoms in total. The second kappa shape index (κ2) is 13.1. The zero-order valence-corrected chi connectivity index (χ0v) is 30.1. The number of benzene rings is 3. The van der Waals surface area contributed by atoms with Gasteiger partial charge in [-0.2, -0.15) is 0 Å². The zero-order chi connectivity index (χ0) is 28.1. The van der Waals surface area contributed by atoms with Crippen LogP contribution in [-0.4, -0.2) is 21.7 Å². The van der Waals surface area contributed by atoms with Gasteiger partial charge in [-0.15, -0.1) is 0 Å². The van der Waals surface area contributed by atoms with E-state index in [4.69, 9.17) is 9.22 Å². The topological polar surface area (TPSA) is 29.5 Å². The molecule has 7 heteroatoms. The average Bonchev–Trinajstić information content (AvgIpc) is 2.78. The fraction of sp³-hybridized carbons (Fsp3) is 0.400. The van der Waals surface area contributed by atoms with Gasteiger partial charge in [0, 0.05) is 13.4 Å². The highest BCUT2D eigenvalue weighted by Gasteiger charge is 2.51. The van der Waals surface area contributed by atoms with E-state index >= 15 is 0 Å². The molecule has 0 bridgehead atoms. The fourth-order valence-electron chi connectivity index (χ4n) is 3.83. The Labute approximate surface area is 251 Å². The summed E-state index contributed by atoms with van der Waals surface area (Å²) in [6, 6.07) is 26.5. The maximum Gasteiger partial charge on any atom is 0.186 e. The molecule has 202 valence electrons. The molecule has 0 amide bonds. The monoisotopic (exact) mass is 726 g/mol. The van der Waals surface area contributed by atoms with E-state index in [-0.39, 0.29) is 10.1 Å². The van der Waals surface area contributed by atoms with Gasteiger partial charge in [0.1, 0.15) is 5.75 Å². The minimum absolute atomic E-state index is 0.152. The molecule has 3 rings (SSSR count). The Morgan fingerprint density at radius 3 is 1.08 bits per heavy atom. The van der Waals surface area contributed by atoms with Crippen LogP contribution in [0.2, 0.25) is 23.2 Å². The predicted molar refractivity (Wildman–Crippen MR) is 175 cm³/mol. The van der Waals surface area contributed by atoms with E-state index in [1.165, 1.54) is 11.1 Å². The molecule has 1 N–H and O–H groups in total. The zero-order valence-electron chi connectivity index (χ0n) is 23.3. The van der Waals surface area contributed by atoms with E-state index in [1.54, 1.807) is 24.3 Å². The molecule has 0 heterocycles. The lowest BCUT2D eigenvalue weighted by Crippen LogP contribution is -2.59. The van der Waals surface area contributed by atoms with Crippen LogP contribution in [0.25, 0.3) is 0 Å². The van der Waals surface area contributed by atoms with Crippen molar-refractivity contribution in [1.82, 2.24) is 0 Å². The molecule has 0 saturated heterocycles. The van der Waals surface area contributed by atoms with Gasteiger partial charge in [0.15, 0.2) is 16.6 Å². The second-order valence-corrected chi connectivity index (χ2v) is 24.3. The van der Waals surface area contributed by atoms with Crippen LogP contribution in [0.1, 0.15) is 52.7 Å². The Kier molecular flexibility index (Phi) is 11.5. The summed E-state index contributed by atoms with van der Waals surface area (Å²) in [5.74, 6) is 0.299. The third-order valence-electron chi connectivity index (χ3n) is 7.36. The van der Waals surface area contributed by atoms with Crippen molar-refractivity contribution in [2.75, 3.05) is 0 Å². The highest BCUT2D eigenvalue weighted by Crippen LogP contribution is 2.47. The molecule has 3 aromatic carbocycles. The van der Waals surface area contributed by atoms with E-state index < -0.39 is 16.6 Å². The van der Waals surface area contributed by atoms with Crippen molar-refractivity contribution in [3.05, 3.63) is 97.3 Å². The van der Waals surface area contributed by atoms with E-state index in [1.807, 2.05) is 0 Å². The van der Waals surface area contributed by atoms with Crippen molar-refractivity contribution in [3.63, 3.8) is 0 Å². The standard InChI is InChI=1S/C24H36Br2OSi2.C6H5BrO/c1-23(2,3)28(7,17-19-9-13-21(25)14-10-19)27-29(8,24(4,5)6)18-20-11-15-22(26)16-12-20;7-5-1-3-6(8)4-2-5/h9-16H,17-18H2,1-8H3;1-4,8H. The Morgan fingerprint density at radius 1 is 0.568 bits per heavy atom. The average molecular weight is 730 g/mol. The molecule has 0 saturated carbocycles. The number of aromatic hydroxyl groups is 1. The number of phenolic OH excluding ortho intramolecular Hbond substituents is 1. The van der Waals surface area contributed by atoms with Gasteiger partial charge in [-0.3, -0.25) is 0 Å². The normalized spacial score (nSPS) is 15.2. The molecule has 0 aromatic heterocycles. The molecule has 2 atom stereocenters. The van der Waals surface area contributed by atoms with Crippen LogP contribution in [0.4, 0.5) is 0 Å². The van der Waals surface area contributed by atoms with Crippen LogP contribution < -0.4 is 0 Å². The fourth-order valence-corrected chi connectivity index (χ4v) is 14.7. The molecule has 0 fully saturated rings. The van der Waals surface area contributed by atoms with Crippen molar-refractivity contribution < 1.29 is 9.22 Å². The van der Waals surface area contributed by atoms with Crippen molar-refractivity contribution in [2.45, 2.75) is 76.8 Å². The van der Waals surface area contributed by atoms with Gasteiger partial charge >= 0.3 is 0 Å². The highest BCUT2D eigenvalue weighted by molar-refractivity contribution is 9.11. The van der Waals surface area contributed by atoms with Crippen molar-refractivity contribution in [2.24, 2.45) is 0 Å². The number of rotatable bonds is 6. The summed E-state index contributed by atoms with van der Waals surface area (Å²) in [6.45, 7) is 19.1. The number of hydrogen-bond acceptors (Lipinski definition) is 2. The first-order valence-corrected chi connectivity index (χ1v) is 20.2. The number of hydrogen-bond donors (Lipinski definition) is 1. The van der Waals surface area contributed by atoms with Gasteiger partial charge in [-0.05, 0) is 94.9 Å². The van der Waals surface area contributed by atoms with E-state index in [9.17, 15) is 0 Å². The number of halogens is 3. The van der Waals surface area contributed by atoms with Crippen LogP contribution in [0.5, 0.6) is 5.75 Å². The molecule has 3 aromatic rings. The molecule has 37 heavy (non-hydrogen) atoms. The molecule has 0 aliphatic heterocycles. The largest absolute Gasteiger partial charge is 0.508 e. The van der Waals surface area contributed by atoms with Crippen LogP contribution in [0.3, 0.4) is 0 Å². The van der Waals surface area contributed by atoms with Crippen LogP contribution in [0, 0.1) is 0 Å². The summed E-state index contributed by atoms with van der Waals surface area (Å²) >= 11 is 10.4. The quantitative estimate of drug-likeness (QED) is 0.256. The van der Waals surface area contributed by atoms with Crippen LogP contribution in [0.15, 0.2) is 86.2 Å². The van der Waals surface area contributed by atoms with E-state index in [0.717, 1.165) is 25.5 Å². The van der Waals surface area contributed by atoms with Gasteiger partial charge in [0.05, 0.1) is 0 Å². The lowest BCUT2D eigenvalue weighted by molar-refractivity contribution is 0.431. The van der Waals surface area contributed by atoms with Gasteiger partial charge in [-0.1, -0.05) is 114 Å². The van der Waals surface area contributed by atoms with Crippen LogP contribution in [-0.2, 0) is 16.2 Å². The summed E-state index contributed by atoms with van der Waals surface area (Å²) in [5, 5.41) is 9.04. The summed E-state index contributed by atoms with van der Waals surface area (Å²) in [4.78, 5) is 0. The third kappa shape index (κ3) is 9.77. The molecular weight excluding hydrogens is 688 g/mol. The Bertz CT molecular complexity index is 1030. The summed E-state index contributed by atoms with van der Waals surface area (Å²) < 4.78 is 10.7. The maximum absolute atomic E-state index is 8.74. The number of phenols is 1. The highest BCUT2D eigenvalue weighted by atomic mass is 79.9. The summed E-state index contributed by atoms with van der Waals surface area (Å²) in [6.07, 6.45) is 0. The molecular formula is C30H41Br3O2Si2. The SMILES string of the molecule is CC(C)(C)[Si](C)(Cc1ccc(Br)cc1)O[Si](C)(Cc1ccc(Br)cc1)C(C)(C)C.Oc1ccc(Br)cc1. The van der Waals surface area contributed by atoms with Crippen molar-refractivity contribution in [1.29, 1.82) is 0 Å². The van der Waals surface area contributed by atoms with Crippen LogP contribution >= 0.6 is 47.8 Å². The molecule has 2 unspecified atom stereocenters. The maximum atomic E-state index is 8.74. The van der Waals surface area contributed by atoms with Crippen molar-refractivity contribution in [3.8, 4) is 5.75 Å². The molecule has 0 aliphatic rings. The Hall–Kier alpha value is -0.706. The first-order valence-electron chi connectivity index (χ1n) is 12.6. The first kappa shape index (κ1) is 32.5. The lowest BCUT2D eigenvalue weighted by atomic mass is 10.2. The van der Waals surface area contributed by atoms with Gasteiger partial charge < -0.3 is 9.22 Å². The smallest absolute Gasteiger partial charge is 0.186 e. The second-order valence-electron chi connectivity index (χ2n) is 12.1. The minimum Gasteiger partial charge on any atom is -0.508 e. The van der Waals surface area contributed by atoms with Gasteiger partial charge in [0.25, 0.3) is 0 Å². The minimum atomic E-state index is -2.08. The van der Waals surface area contributed by atoms with E-state index in [2.05, 4.69) is 151 Å². The van der Waals surface area contributed by atoms with E-state index in [0.29, 0.717) is 5.75 Å². The van der Waals surface area contributed by atoms with Gasteiger partial charge in [-0.25, -0.2) is 0 Å². The first-order chi connectivity index (χ1) is 16.9. The van der Waals surface area contributed by atoms with Crippen molar-refractivity contribution >= 4 is 64.4 Å². The molecule has 0 radical (unpaired) electrons. The predicted octanol–water partition coefficient (Wildman–Crippen LogP) is 11.0. The third-order valence-corrected chi connectivity index (χ3v) is 21.1. The van der Waals surface area contributed by atoms with Gasteiger partial charge in [0.2, 0.25) is 0 Å². The molecule has 0 spiro atoms. The lowest BCUT2D eigenvalue weighted by Gasteiger charge is -2.50. The Balaban J connectivity index is 0.000000510. The molecule has 0 aliphatic carbocycles. The summed E-state index contributed by atoms with van der Waals surface area (Å²) in [5.41, 5.74) is 2.76.